The summed E-state index contributed by atoms with van der Waals surface area (Å²) in [5.74, 6) is 0.733. The van der Waals surface area contributed by atoms with Crippen molar-refractivity contribution >= 4 is 5.78 Å². The van der Waals surface area contributed by atoms with Crippen LogP contribution in [-0.2, 0) is 0 Å². The summed E-state index contributed by atoms with van der Waals surface area (Å²) >= 11 is 0. The maximum absolute atomic E-state index is 12.3. The number of carbonyl (C=O) groups excluding carboxylic acids is 1. The SMILES string of the molecule is O=C(c1ccccc1)c1ccc(OCCCNC(CCO)CCO)cc1. The zero-order valence-corrected chi connectivity index (χ0v) is 14.9. The minimum Gasteiger partial charge on any atom is -0.494 e. The predicted molar refractivity (Wildman–Crippen MR) is 102 cm³/mol. The number of hydrogen-bond acceptors (Lipinski definition) is 5. The van der Waals surface area contributed by atoms with E-state index in [4.69, 9.17) is 14.9 Å². The van der Waals surface area contributed by atoms with Crippen molar-refractivity contribution in [3.8, 4) is 5.75 Å². The molecular formula is C21H27NO4. The number of benzene rings is 2. The molecule has 0 spiro atoms. The smallest absolute Gasteiger partial charge is 0.193 e. The highest BCUT2D eigenvalue weighted by molar-refractivity contribution is 6.08. The number of ketones is 1. The third-order valence-electron chi connectivity index (χ3n) is 4.13. The van der Waals surface area contributed by atoms with Crippen molar-refractivity contribution in [2.75, 3.05) is 26.4 Å². The van der Waals surface area contributed by atoms with E-state index in [9.17, 15) is 4.79 Å². The molecule has 3 N–H and O–H groups in total. The Hall–Kier alpha value is -2.21. The molecule has 0 fully saturated rings. The fourth-order valence-corrected chi connectivity index (χ4v) is 2.69. The van der Waals surface area contributed by atoms with Gasteiger partial charge in [-0.25, -0.2) is 0 Å². The molecule has 0 bridgehead atoms. The molecule has 0 aromatic heterocycles. The van der Waals surface area contributed by atoms with Crippen molar-refractivity contribution in [3.05, 3.63) is 65.7 Å². The summed E-state index contributed by atoms with van der Waals surface area (Å²) in [6, 6.07) is 16.5. The van der Waals surface area contributed by atoms with Gasteiger partial charge in [0.25, 0.3) is 0 Å². The van der Waals surface area contributed by atoms with Crippen molar-refractivity contribution in [1.82, 2.24) is 5.32 Å². The average molecular weight is 357 g/mol. The normalized spacial score (nSPS) is 10.9. The highest BCUT2D eigenvalue weighted by Gasteiger charge is 2.08. The topological polar surface area (TPSA) is 78.8 Å². The van der Waals surface area contributed by atoms with Crippen LogP contribution in [0.3, 0.4) is 0 Å². The monoisotopic (exact) mass is 357 g/mol. The number of nitrogens with one attached hydrogen (secondary N) is 1. The van der Waals surface area contributed by atoms with E-state index in [1.165, 1.54) is 0 Å². The van der Waals surface area contributed by atoms with Crippen molar-refractivity contribution in [3.63, 3.8) is 0 Å². The Labute approximate surface area is 154 Å². The van der Waals surface area contributed by atoms with E-state index in [0.29, 0.717) is 30.6 Å². The van der Waals surface area contributed by atoms with E-state index in [1.54, 1.807) is 24.3 Å². The second-order valence-electron chi connectivity index (χ2n) is 6.10. The summed E-state index contributed by atoms with van der Waals surface area (Å²) in [7, 11) is 0. The lowest BCUT2D eigenvalue weighted by Gasteiger charge is -2.16. The van der Waals surface area contributed by atoms with Gasteiger partial charge in [0.05, 0.1) is 6.61 Å². The fraction of sp³-hybridized carbons (Fsp3) is 0.381. The Morgan fingerprint density at radius 3 is 2.15 bits per heavy atom. The van der Waals surface area contributed by atoms with Crippen LogP contribution in [-0.4, -0.2) is 48.4 Å². The first-order valence-electron chi connectivity index (χ1n) is 9.02. The Balaban J connectivity index is 1.73. The number of carbonyl (C=O) groups is 1. The van der Waals surface area contributed by atoms with Gasteiger partial charge < -0.3 is 20.3 Å². The summed E-state index contributed by atoms with van der Waals surface area (Å²) in [5, 5.41) is 21.3. The molecule has 26 heavy (non-hydrogen) atoms. The third-order valence-corrected chi connectivity index (χ3v) is 4.13. The van der Waals surface area contributed by atoms with Crippen LogP contribution in [0.2, 0.25) is 0 Å². The van der Waals surface area contributed by atoms with E-state index < -0.39 is 0 Å². The number of aliphatic hydroxyl groups is 2. The number of hydrogen-bond donors (Lipinski definition) is 3. The van der Waals surface area contributed by atoms with Gasteiger partial charge in [-0.15, -0.1) is 0 Å². The lowest BCUT2D eigenvalue weighted by molar-refractivity contribution is 0.103. The Morgan fingerprint density at radius 1 is 0.923 bits per heavy atom. The lowest BCUT2D eigenvalue weighted by atomic mass is 10.0. The van der Waals surface area contributed by atoms with Crippen LogP contribution in [0.25, 0.3) is 0 Å². The first-order chi connectivity index (χ1) is 12.7. The van der Waals surface area contributed by atoms with Crippen LogP contribution < -0.4 is 10.1 Å². The molecule has 0 aliphatic carbocycles. The van der Waals surface area contributed by atoms with Gasteiger partial charge in [0.2, 0.25) is 0 Å². The molecule has 0 unspecified atom stereocenters. The Morgan fingerprint density at radius 2 is 1.54 bits per heavy atom. The van der Waals surface area contributed by atoms with E-state index in [-0.39, 0.29) is 25.0 Å². The van der Waals surface area contributed by atoms with Gasteiger partial charge in [-0.05, 0) is 50.1 Å². The summed E-state index contributed by atoms with van der Waals surface area (Å²) in [5.41, 5.74) is 1.31. The van der Waals surface area contributed by atoms with Crippen molar-refractivity contribution in [2.45, 2.75) is 25.3 Å². The van der Waals surface area contributed by atoms with Crippen LogP contribution in [0.4, 0.5) is 0 Å². The maximum atomic E-state index is 12.3. The van der Waals surface area contributed by atoms with Gasteiger partial charge in [0.15, 0.2) is 5.78 Å². The minimum atomic E-state index is 0.000147. The average Bonchev–Trinajstić information content (AvgIpc) is 2.68. The molecule has 2 aromatic rings. The maximum Gasteiger partial charge on any atom is 0.193 e. The summed E-state index contributed by atoms with van der Waals surface area (Å²) in [4.78, 5) is 12.3. The molecule has 0 radical (unpaired) electrons. The van der Waals surface area contributed by atoms with E-state index in [1.807, 2.05) is 30.3 Å². The first kappa shape index (κ1) is 20.1. The predicted octanol–water partition coefficient (Wildman–Crippen LogP) is 2.41. The van der Waals surface area contributed by atoms with Gasteiger partial charge in [0, 0.05) is 30.4 Å². The Bertz CT molecular complexity index is 637. The second kappa shape index (κ2) is 11.4. The van der Waals surface area contributed by atoms with Crippen LogP contribution >= 0.6 is 0 Å². The molecule has 140 valence electrons. The van der Waals surface area contributed by atoms with Crippen LogP contribution in [0, 0.1) is 0 Å². The van der Waals surface area contributed by atoms with Crippen LogP contribution in [0.15, 0.2) is 54.6 Å². The second-order valence-corrected chi connectivity index (χ2v) is 6.10. The molecule has 0 heterocycles. The molecular weight excluding hydrogens is 330 g/mol. The highest BCUT2D eigenvalue weighted by atomic mass is 16.5. The molecule has 0 aliphatic heterocycles. The summed E-state index contributed by atoms with van der Waals surface area (Å²) in [6.07, 6.45) is 2.09. The van der Waals surface area contributed by atoms with Crippen molar-refractivity contribution in [2.24, 2.45) is 0 Å². The number of ether oxygens (including phenoxy) is 1. The van der Waals surface area contributed by atoms with Crippen LogP contribution in [0.5, 0.6) is 5.75 Å². The lowest BCUT2D eigenvalue weighted by Crippen LogP contribution is -2.32. The van der Waals surface area contributed by atoms with Crippen molar-refractivity contribution in [1.29, 1.82) is 0 Å². The van der Waals surface area contributed by atoms with E-state index in [2.05, 4.69) is 5.32 Å². The largest absolute Gasteiger partial charge is 0.494 e. The molecule has 5 heteroatoms. The quantitative estimate of drug-likeness (QED) is 0.402. The van der Waals surface area contributed by atoms with E-state index >= 15 is 0 Å². The molecule has 0 atom stereocenters. The molecule has 2 rings (SSSR count). The first-order valence-corrected chi connectivity index (χ1v) is 9.02. The summed E-state index contributed by atoms with van der Waals surface area (Å²) in [6.45, 7) is 1.55. The molecule has 0 aliphatic rings. The van der Waals surface area contributed by atoms with Crippen LogP contribution in [0.1, 0.15) is 35.2 Å². The number of rotatable bonds is 12. The van der Waals surface area contributed by atoms with Gasteiger partial charge in [-0.3, -0.25) is 4.79 Å². The zero-order chi connectivity index (χ0) is 18.6. The fourth-order valence-electron chi connectivity index (χ4n) is 2.69. The molecule has 5 nitrogen and oxygen atoms in total. The van der Waals surface area contributed by atoms with Gasteiger partial charge in [-0.1, -0.05) is 30.3 Å². The van der Waals surface area contributed by atoms with Gasteiger partial charge >= 0.3 is 0 Å². The third kappa shape index (κ3) is 6.59. The van der Waals surface area contributed by atoms with Gasteiger partial charge in [0.1, 0.15) is 5.75 Å². The Kier molecular flexibility index (Phi) is 8.83. The highest BCUT2D eigenvalue weighted by Crippen LogP contribution is 2.15. The van der Waals surface area contributed by atoms with Crippen molar-refractivity contribution < 1.29 is 19.7 Å². The van der Waals surface area contributed by atoms with E-state index in [0.717, 1.165) is 18.7 Å². The molecule has 0 amide bonds. The standard InChI is InChI=1S/C21H27NO4/c23-14-11-19(12-15-24)22-13-4-16-26-20-9-7-18(8-10-20)21(25)17-5-2-1-3-6-17/h1-3,5-10,19,22-24H,4,11-16H2. The number of aliphatic hydroxyl groups excluding tert-OH is 2. The minimum absolute atomic E-state index is 0.000147. The zero-order valence-electron chi connectivity index (χ0n) is 14.9. The van der Waals surface area contributed by atoms with Gasteiger partial charge in [-0.2, -0.15) is 0 Å². The molecule has 2 aromatic carbocycles. The molecule has 0 saturated heterocycles. The summed E-state index contributed by atoms with van der Waals surface area (Å²) < 4.78 is 5.70. The molecule has 0 saturated carbocycles.